The first-order valence-electron chi connectivity index (χ1n) is 3.72. The molecule has 1 aromatic heterocycles. The van der Waals surface area contributed by atoms with E-state index >= 15 is 0 Å². The SMILES string of the molecule is Cn1cnc(CNCC(F)(F)F)c1. The van der Waals surface area contributed by atoms with E-state index in [9.17, 15) is 13.2 Å². The minimum atomic E-state index is -4.16. The summed E-state index contributed by atoms with van der Waals surface area (Å²) in [6.45, 7) is -0.843. The maximum Gasteiger partial charge on any atom is 0.401 e. The van der Waals surface area contributed by atoms with Gasteiger partial charge >= 0.3 is 6.18 Å². The minimum Gasteiger partial charge on any atom is -0.340 e. The molecule has 74 valence electrons. The van der Waals surface area contributed by atoms with Gasteiger partial charge in [-0.05, 0) is 0 Å². The Balaban J connectivity index is 2.28. The molecule has 6 heteroatoms. The van der Waals surface area contributed by atoms with Crippen LogP contribution in [-0.2, 0) is 13.6 Å². The van der Waals surface area contributed by atoms with Crippen molar-refractivity contribution < 1.29 is 13.2 Å². The largest absolute Gasteiger partial charge is 0.401 e. The van der Waals surface area contributed by atoms with E-state index < -0.39 is 12.7 Å². The molecule has 0 aromatic carbocycles. The van der Waals surface area contributed by atoms with Gasteiger partial charge in [0.2, 0.25) is 0 Å². The Bertz CT molecular complexity index is 266. The third kappa shape index (κ3) is 3.93. The Morgan fingerprint density at radius 3 is 2.69 bits per heavy atom. The Morgan fingerprint density at radius 1 is 1.54 bits per heavy atom. The van der Waals surface area contributed by atoms with Gasteiger partial charge in [0.25, 0.3) is 0 Å². The topological polar surface area (TPSA) is 29.9 Å². The van der Waals surface area contributed by atoms with Crippen molar-refractivity contribution in [2.45, 2.75) is 12.7 Å². The van der Waals surface area contributed by atoms with Crippen molar-refractivity contribution in [1.29, 1.82) is 0 Å². The van der Waals surface area contributed by atoms with Crippen molar-refractivity contribution in [2.75, 3.05) is 6.54 Å². The number of nitrogens with one attached hydrogen (secondary N) is 1. The van der Waals surface area contributed by atoms with Gasteiger partial charge in [-0.3, -0.25) is 0 Å². The van der Waals surface area contributed by atoms with Gasteiger partial charge in [0, 0.05) is 19.8 Å². The molecule has 0 spiro atoms. The Morgan fingerprint density at radius 2 is 2.23 bits per heavy atom. The van der Waals surface area contributed by atoms with Gasteiger partial charge < -0.3 is 9.88 Å². The lowest BCUT2D eigenvalue weighted by molar-refractivity contribution is -0.125. The second kappa shape index (κ2) is 3.78. The summed E-state index contributed by atoms with van der Waals surface area (Å²) in [5.74, 6) is 0. The average molecular weight is 193 g/mol. The van der Waals surface area contributed by atoms with E-state index in [0.717, 1.165) is 0 Å². The molecule has 1 aromatic rings. The number of hydrogen-bond donors (Lipinski definition) is 1. The predicted molar refractivity (Wildman–Crippen MR) is 41.0 cm³/mol. The second-order valence-electron chi connectivity index (χ2n) is 2.75. The molecule has 1 heterocycles. The van der Waals surface area contributed by atoms with E-state index in [-0.39, 0.29) is 6.54 Å². The second-order valence-corrected chi connectivity index (χ2v) is 2.75. The van der Waals surface area contributed by atoms with E-state index in [1.54, 1.807) is 24.1 Å². The molecule has 0 radical (unpaired) electrons. The van der Waals surface area contributed by atoms with Crippen LogP contribution >= 0.6 is 0 Å². The minimum absolute atomic E-state index is 0.139. The van der Waals surface area contributed by atoms with Crippen LogP contribution in [0.25, 0.3) is 0 Å². The number of aromatic nitrogens is 2. The number of halogens is 3. The zero-order chi connectivity index (χ0) is 9.90. The fraction of sp³-hybridized carbons (Fsp3) is 0.571. The van der Waals surface area contributed by atoms with Crippen LogP contribution in [0.4, 0.5) is 13.2 Å². The molecule has 0 amide bonds. The van der Waals surface area contributed by atoms with Crippen LogP contribution in [0, 0.1) is 0 Å². The summed E-state index contributed by atoms with van der Waals surface area (Å²) in [7, 11) is 1.76. The van der Waals surface area contributed by atoms with Gasteiger partial charge in [-0.2, -0.15) is 13.2 Å². The number of aryl methyl sites for hydroxylation is 1. The lowest BCUT2D eigenvalue weighted by atomic mass is 10.4. The van der Waals surface area contributed by atoms with Crippen molar-refractivity contribution in [3.63, 3.8) is 0 Å². The maximum absolute atomic E-state index is 11.7. The first-order valence-corrected chi connectivity index (χ1v) is 3.72. The summed E-state index contributed by atoms with van der Waals surface area (Å²) >= 11 is 0. The Hall–Kier alpha value is -1.04. The smallest absolute Gasteiger partial charge is 0.340 e. The van der Waals surface area contributed by atoms with Gasteiger partial charge in [0.15, 0.2) is 0 Å². The molecule has 1 rings (SSSR count). The average Bonchev–Trinajstić information content (AvgIpc) is 2.33. The molecular weight excluding hydrogens is 183 g/mol. The molecule has 0 saturated heterocycles. The predicted octanol–water partition coefficient (Wildman–Crippen LogP) is 1.07. The zero-order valence-corrected chi connectivity index (χ0v) is 7.10. The summed E-state index contributed by atoms with van der Waals surface area (Å²) in [5.41, 5.74) is 0.603. The van der Waals surface area contributed by atoms with Crippen LogP contribution in [0.15, 0.2) is 12.5 Å². The Labute approximate surface area is 73.6 Å². The molecule has 0 bridgehead atoms. The van der Waals surface area contributed by atoms with E-state index in [1.165, 1.54) is 0 Å². The van der Waals surface area contributed by atoms with Gasteiger partial charge in [-0.1, -0.05) is 0 Å². The number of alkyl halides is 3. The molecule has 0 aliphatic rings. The first-order chi connectivity index (χ1) is 5.97. The number of nitrogens with zero attached hydrogens (tertiary/aromatic N) is 2. The molecule has 3 nitrogen and oxygen atoms in total. The quantitative estimate of drug-likeness (QED) is 0.778. The fourth-order valence-electron chi connectivity index (χ4n) is 0.891. The van der Waals surface area contributed by atoms with Crippen LogP contribution in [0.5, 0.6) is 0 Å². The molecule has 0 saturated carbocycles. The highest BCUT2D eigenvalue weighted by atomic mass is 19.4. The van der Waals surface area contributed by atoms with Gasteiger partial charge in [0.05, 0.1) is 18.6 Å². The van der Waals surface area contributed by atoms with Crippen molar-refractivity contribution in [2.24, 2.45) is 7.05 Å². The maximum atomic E-state index is 11.7. The van der Waals surface area contributed by atoms with Crippen molar-refractivity contribution in [3.05, 3.63) is 18.2 Å². The third-order valence-electron chi connectivity index (χ3n) is 1.39. The third-order valence-corrected chi connectivity index (χ3v) is 1.39. The zero-order valence-electron chi connectivity index (χ0n) is 7.10. The molecule has 0 atom stereocenters. The molecular formula is C7H10F3N3. The van der Waals surface area contributed by atoms with Crippen LogP contribution < -0.4 is 5.32 Å². The van der Waals surface area contributed by atoms with Crippen LogP contribution in [0.3, 0.4) is 0 Å². The highest BCUT2D eigenvalue weighted by Gasteiger charge is 2.26. The highest BCUT2D eigenvalue weighted by molar-refractivity contribution is 4.95. The molecule has 0 aliphatic heterocycles. The first kappa shape index (κ1) is 10.0. The molecule has 13 heavy (non-hydrogen) atoms. The van der Waals surface area contributed by atoms with Gasteiger partial charge in [-0.25, -0.2) is 4.98 Å². The molecule has 0 aliphatic carbocycles. The van der Waals surface area contributed by atoms with Crippen LogP contribution in [0.1, 0.15) is 5.69 Å². The van der Waals surface area contributed by atoms with E-state index in [1.807, 2.05) is 0 Å². The van der Waals surface area contributed by atoms with Gasteiger partial charge in [-0.15, -0.1) is 0 Å². The van der Waals surface area contributed by atoms with Gasteiger partial charge in [0.1, 0.15) is 0 Å². The summed E-state index contributed by atoms with van der Waals surface area (Å²) in [4.78, 5) is 3.87. The van der Waals surface area contributed by atoms with E-state index in [2.05, 4.69) is 10.3 Å². The summed E-state index contributed by atoms with van der Waals surface area (Å²) in [6, 6.07) is 0. The number of hydrogen-bond acceptors (Lipinski definition) is 2. The monoisotopic (exact) mass is 193 g/mol. The lowest BCUT2D eigenvalue weighted by Gasteiger charge is -2.05. The van der Waals surface area contributed by atoms with Crippen molar-refractivity contribution >= 4 is 0 Å². The van der Waals surface area contributed by atoms with Crippen molar-refractivity contribution in [1.82, 2.24) is 14.9 Å². The summed E-state index contributed by atoms with van der Waals surface area (Å²) in [6.07, 6.45) is -0.942. The highest BCUT2D eigenvalue weighted by Crippen LogP contribution is 2.12. The molecule has 0 fully saturated rings. The van der Waals surface area contributed by atoms with E-state index in [0.29, 0.717) is 5.69 Å². The number of rotatable bonds is 3. The standard InChI is InChI=1S/C7H10F3N3/c1-13-3-6(12-5-13)2-11-4-7(8,9)10/h3,5,11H,2,4H2,1H3. The van der Waals surface area contributed by atoms with E-state index in [4.69, 9.17) is 0 Å². The number of imidazole rings is 1. The fourth-order valence-corrected chi connectivity index (χ4v) is 0.891. The molecule has 1 N–H and O–H groups in total. The van der Waals surface area contributed by atoms with Crippen LogP contribution in [0.2, 0.25) is 0 Å². The van der Waals surface area contributed by atoms with Crippen molar-refractivity contribution in [3.8, 4) is 0 Å². The van der Waals surface area contributed by atoms with Crippen LogP contribution in [-0.4, -0.2) is 22.3 Å². The Kier molecular flexibility index (Phi) is 2.92. The molecule has 0 unspecified atom stereocenters. The lowest BCUT2D eigenvalue weighted by Crippen LogP contribution is -2.28. The summed E-state index contributed by atoms with van der Waals surface area (Å²) in [5, 5.41) is 2.25. The summed E-state index contributed by atoms with van der Waals surface area (Å²) < 4.78 is 36.7. The normalized spacial score (nSPS) is 12.0.